The number of sulfonamides is 1. The minimum atomic E-state index is -3.81. The van der Waals surface area contributed by atoms with Crippen LogP contribution >= 0.6 is 0 Å². The van der Waals surface area contributed by atoms with E-state index >= 15 is 0 Å². The van der Waals surface area contributed by atoms with Crippen LogP contribution in [0.2, 0.25) is 0 Å². The first-order valence-corrected chi connectivity index (χ1v) is 6.03. The summed E-state index contributed by atoms with van der Waals surface area (Å²) in [6, 6.07) is 0. The van der Waals surface area contributed by atoms with Crippen molar-refractivity contribution in [1.29, 1.82) is 0 Å². The Morgan fingerprint density at radius 1 is 1.60 bits per heavy atom. The van der Waals surface area contributed by atoms with Gasteiger partial charge in [-0.3, -0.25) is 0 Å². The Hall–Kier alpha value is -1.28. The first-order chi connectivity index (χ1) is 7.04. The highest BCUT2D eigenvalue weighted by Gasteiger charge is 2.28. The lowest BCUT2D eigenvalue weighted by Gasteiger charge is -2.14. The largest absolute Gasteiger partial charge is 0.477 e. The molecule has 15 heavy (non-hydrogen) atoms. The second-order valence-corrected chi connectivity index (χ2v) is 4.70. The summed E-state index contributed by atoms with van der Waals surface area (Å²) in [5.41, 5.74) is 0. The van der Waals surface area contributed by atoms with Crippen LogP contribution in [-0.2, 0) is 16.6 Å². The molecule has 2 rings (SSSR count). The summed E-state index contributed by atoms with van der Waals surface area (Å²) in [6.07, 6.45) is 0.807. The van der Waals surface area contributed by atoms with Crippen LogP contribution in [-0.4, -0.2) is 31.9 Å². The lowest BCUT2D eigenvalue weighted by atomic mass is 10.4. The van der Waals surface area contributed by atoms with Crippen molar-refractivity contribution in [3.63, 3.8) is 0 Å². The Morgan fingerprint density at radius 3 is 2.93 bits per heavy atom. The van der Waals surface area contributed by atoms with Crippen LogP contribution in [0.3, 0.4) is 0 Å². The summed E-state index contributed by atoms with van der Waals surface area (Å²) in [4.78, 5) is -0.0651. The van der Waals surface area contributed by atoms with E-state index in [2.05, 4.69) is 10.4 Å². The van der Waals surface area contributed by atoms with Crippen molar-refractivity contribution in [3.05, 3.63) is 0 Å². The predicted molar refractivity (Wildman–Crippen MR) is 53.3 cm³/mol. The maximum absolute atomic E-state index is 11.4. The zero-order valence-corrected chi connectivity index (χ0v) is 9.04. The number of nitrogens with two attached hydrogens (primary N) is 1. The van der Waals surface area contributed by atoms with Crippen molar-refractivity contribution in [1.82, 2.24) is 9.78 Å². The molecule has 0 spiro atoms. The fourth-order valence-electron chi connectivity index (χ4n) is 1.52. The molecule has 0 saturated heterocycles. The number of nitrogens with one attached hydrogen (secondary N) is 1. The molecule has 0 fully saturated rings. The van der Waals surface area contributed by atoms with Crippen molar-refractivity contribution in [2.45, 2.75) is 17.9 Å². The number of rotatable bonds is 2. The van der Waals surface area contributed by atoms with Gasteiger partial charge in [-0.05, 0) is 0 Å². The van der Waals surface area contributed by atoms with Gasteiger partial charge in [0.15, 0.2) is 10.7 Å². The topological polar surface area (TPSA) is 99.2 Å². The molecule has 3 N–H and O–H groups in total. The molecule has 1 aromatic rings. The minimum absolute atomic E-state index is 0.0651. The predicted octanol–water partition coefficient (Wildman–Crippen LogP) is -0.645. The van der Waals surface area contributed by atoms with Gasteiger partial charge in [0, 0.05) is 20.0 Å². The summed E-state index contributed by atoms with van der Waals surface area (Å²) < 4.78 is 29.5. The molecule has 8 heteroatoms. The Morgan fingerprint density at radius 2 is 2.33 bits per heavy atom. The molecule has 0 aromatic carbocycles. The number of aromatic nitrogens is 2. The maximum Gasteiger partial charge on any atom is 0.247 e. The molecular weight excluding hydrogens is 220 g/mol. The monoisotopic (exact) mass is 232 g/mol. The number of ether oxygens (including phenoxy) is 1. The van der Waals surface area contributed by atoms with Gasteiger partial charge in [0.25, 0.3) is 0 Å². The molecule has 0 bridgehead atoms. The molecule has 2 heterocycles. The highest BCUT2D eigenvalue weighted by atomic mass is 32.2. The molecule has 1 aliphatic rings. The number of aryl methyl sites for hydroxylation is 1. The van der Waals surface area contributed by atoms with Gasteiger partial charge in [-0.25, -0.2) is 18.2 Å². The van der Waals surface area contributed by atoms with E-state index in [-0.39, 0.29) is 16.6 Å². The molecule has 1 aliphatic heterocycles. The van der Waals surface area contributed by atoms with E-state index in [4.69, 9.17) is 9.88 Å². The number of nitrogens with zero attached hydrogens (tertiary/aromatic N) is 2. The summed E-state index contributed by atoms with van der Waals surface area (Å²) in [5, 5.41) is 11.8. The summed E-state index contributed by atoms with van der Waals surface area (Å²) >= 11 is 0. The molecule has 0 radical (unpaired) electrons. The SMILES string of the molecule is CNc1nn2c(c1S(N)(=O)=O)OCCC2. The van der Waals surface area contributed by atoms with E-state index in [1.54, 1.807) is 7.05 Å². The molecule has 1 aromatic heterocycles. The molecule has 0 amide bonds. The fraction of sp³-hybridized carbons (Fsp3) is 0.571. The third-order valence-electron chi connectivity index (χ3n) is 2.14. The van der Waals surface area contributed by atoms with Crippen molar-refractivity contribution < 1.29 is 13.2 Å². The summed E-state index contributed by atoms with van der Waals surface area (Å²) in [7, 11) is -2.23. The van der Waals surface area contributed by atoms with Crippen LogP contribution in [0.5, 0.6) is 5.88 Å². The lowest BCUT2D eigenvalue weighted by Crippen LogP contribution is -2.18. The van der Waals surface area contributed by atoms with Gasteiger partial charge in [0.05, 0.1) is 6.61 Å². The van der Waals surface area contributed by atoms with Crippen LogP contribution in [0.15, 0.2) is 4.90 Å². The van der Waals surface area contributed by atoms with Gasteiger partial charge in [-0.15, -0.1) is 0 Å². The van der Waals surface area contributed by atoms with Gasteiger partial charge < -0.3 is 10.1 Å². The quantitative estimate of drug-likeness (QED) is 0.706. The van der Waals surface area contributed by atoms with E-state index in [0.29, 0.717) is 13.2 Å². The zero-order chi connectivity index (χ0) is 11.1. The number of hydrogen-bond donors (Lipinski definition) is 2. The summed E-state index contributed by atoms with van der Waals surface area (Å²) in [5.74, 6) is 0.461. The minimum Gasteiger partial charge on any atom is -0.477 e. The van der Waals surface area contributed by atoms with E-state index in [0.717, 1.165) is 6.42 Å². The number of primary sulfonamides is 1. The zero-order valence-electron chi connectivity index (χ0n) is 8.23. The first kappa shape index (κ1) is 10.2. The Balaban J connectivity index is 2.65. The van der Waals surface area contributed by atoms with E-state index < -0.39 is 10.0 Å². The molecule has 7 nitrogen and oxygen atoms in total. The van der Waals surface area contributed by atoms with E-state index in [1.165, 1.54) is 4.68 Å². The normalized spacial score (nSPS) is 15.6. The second-order valence-electron chi connectivity index (χ2n) is 3.20. The van der Waals surface area contributed by atoms with Gasteiger partial charge in [-0.2, -0.15) is 5.10 Å². The van der Waals surface area contributed by atoms with Crippen LogP contribution in [0.1, 0.15) is 6.42 Å². The van der Waals surface area contributed by atoms with Crippen LogP contribution in [0, 0.1) is 0 Å². The van der Waals surface area contributed by atoms with Crippen molar-refractivity contribution in [3.8, 4) is 5.88 Å². The van der Waals surface area contributed by atoms with Gasteiger partial charge in [0.2, 0.25) is 15.9 Å². The summed E-state index contributed by atoms with van der Waals surface area (Å²) in [6.45, 7) is 1.12. The van der Waals surface area contributed by atoms with Gasteiger partial charge >= 0.3 is 0 Å². The molecule has 0 unspecified atom stereocenters. The molecule has 84 valence electrons. The molecule has 0 aliphatic carbocycles. The molecular formula is C7H12N4O3S. The Kier molecular flexibility index (Phi) is 2.31. The average molecular weight is 232 g/mol. The number of fused-ring (bicyclic) bond motifs is 1. The molecule has 0 saturated carbocycles. The van der Waals surface area contributed by atoms with Crippen LogP contribution in [0.25, 0.3) is 0 Å². The van der Waals surface area contributed by atoms with E-state index in [1.807, 2.05) is 0 Å². The van der Waals surface area contributed by atoms with Crippen LogP contribution < -0.4 is 15.2 Å². The smallest absolute Gasteiger partial charge is 0.247 e. The van der Waals surface area contributed by atoms with E-state index in [9.17, 15) is 8.42 Å². The van der Waals surface area contributed by atoms with Crippen LogP contribution in [0.4, 0.5) is 5.82 Å². The van der Waals surface area contributed by atoms with Crippen molar-refractivity contribution >= 4 is 15.8 Å². The first-order valence-electron chi connectivity index (χ1n) is 4.48. The fourth-order valence-corrected chi connectivity index (χ4v) is 2.34. The standard InChI is InChI=1S/C7H12N4O3S/c1-9-6-5(15(8,12)13)7-11(10-6)3-2-4-14-7/h2-4H2,1H3,(H,9,10)(H2,8,12,13). The average Bonchev–Trinajstić information content (AvgIpc) is 2.54. The van der Waals surface area contributed by atoms with Crippen molar-refractivity contribution in [2.75, 3.05) is 19.0 Å². The number of anilines is 1. The maximum atomic E-state index is 11.4. The highest BCUT2D eigenvalue weighted by Crippen LogP contribution is 2.32. The van der Waals surface area contributed by atoms with Crippen molar-refractivity contribution in [2.24, 2.45) is 5.14 Å². The highest BCUT2D eigenvalue weighted by molar-refractivity contribution is 7.89. The van der Waals surface area contributed by atoms with Gasteiger partial charge in [0.1, 0.15) is 0 Å². The Bertz CT molecular complexity index is 479. The third-order valence-corrected chi connectivity index (χ3v) is 3.08. The second kappa shape index (κ2) is 3.38. The Labute approximate surface area is 87.3 Å². The lowest BCUT2D eigenvalue weighted by molar-refractivity contribution is 0.224. The third kappa shape index (κ3) is 1.65. The molecule has 0 atom stereocenters. The van der Waals surface area contributed by atoms with Gasteiger partial charge in [-0.1, -0.05) is 0 Å². The number of hydrogen-bond acceptors (Lipinski definition) is 5.